The molecule has 1 amide bonds. The molecule has 0 unspecified atom stereocenters. The van der Waals surface area contributed by atoms with Gasteiger partial charge in [-0.3, -0.25) is 4.79 Å². The van der Waals surface area contributed by atoms with E-state index in [-0.39, 0.29) is 11.3 Å². The molecule has 0 saturated heterocycles. The van der Waals surface area contributed by atoms with Gasteiger partial charge >= 0.3 is 6.18 Å². The van der Waals surface area contributed by atoms with Crippen molar-refractivity contribution in [1.82, 2.24) is 5.32 Å². The van der Waals surface area contributed by atoms with Crippen molar-refractivity contribution in [2.24, 2.45) is 5.92 Å². The van der Waals surface area contributed by atoms with Crippen LogP contribution in [-0.2, 0) is 6.18 Å². The van der Waals surface area contributed by atoms with Crippen molar-refractivity contribution < 1.29 is 18.0 Å². The second-order valence-electron chi connectivity index (χ2n) is 5.14. The molecule has 0 radical (unpaired) electrons. The van der Waals surface area contributed by atoms with Gasteiger partial charge in [-0.05, 0) is 30.5 Å². The van der Waals surface area contributed by atoms with Crippen LogP contribution < -0.4 is 11.1 Å². The Morgan fingerprint density at radius 3 is 2.60 bits per heavy atom. The molecule has 110 valence electrons. The molecule has 0 aliphatic heterocycles. The highest BCUT2D eigenvalue weighted by Gasteiger charge is 2.33. The number of anilines is 1. The molecule has 2 rings (SSSR count). The number of alkyl halides is 3. The van der Waals surface area contributed by atoms with Crippen molar-refractivity contribution in [2.75, 3.05) is 12.3 Å². The summed E-state index contributed by atoms with van der Waals surface area (Å²) in [6, 6.07) is 3.22. The lowest BCUT2D eigenvalue weighted by atomic mass is 9.83. The second-order valence-corrected chi connectivity index (χ2v) is 5.14. The Morgan fingerprint density at radius 1 is 1.35 bits per heavy atom. The van der Waals surface area contributed by atoms with E-state index in [1.165, 1.54) is 25.3 Å². The third kappa shape index (κ3) is 3.43. The highest BCUT2D eigenvalue weighted by Crippen LogP contribution is 2.34. The number of nitrogens with two attached hydrogens (primary N) is 1. The zero-order valence-electron chi connectivity index (χ0n) is 11.0. The van der Waals surface area contributed by atoms with Crippen LogP contribution in [0.2, 0.25) is 0 Å². The normalized spacial score (nSPS) is 15.8. The molecule has 0 aromatic heterocycles. The van der Waals surface area contributed by atoms with Gasteiger partial charge in [-0.1, -0.05) is 19.3 Å². The first-order valence-corrected chi connectivity index (χ1v) is 6.63. The summed E-state index contributed by atoms with van der Waals surface area (Å²) >= 11 is 0. The van der Waals surface area contributed by atoms with Crippen LogP contribution in [0.4, 0.5) is 18.9 Å². The summed E-state index contributed by atoms with van der Waals surface area (Å²) in [5.41, 5.74) is 3.94. The van der Waals surface area contributed by atoms with Crippen LogP contribution in [0.25, 0.3) is 0 Å². The van der Waals surface area contributed by atoms with Gasteiger partial charge in [0.05, 0.1) is 5.56 Å². The number of benzene rings is 1. The van der Waals surface area contributed by atoms with Crippen molar-refractivity contribution in [3.05, 3.63) is 29.3 Å². The van der Waals surface area contributed by atoms with E-state index in [4.69, 9.17) is 5.73 Å². The molecule has 20 heavy (non-hydrogen) atoms. The van der Waals surface area contributed by atoms with E-state index in [1.54, 1.807) is 0 Å². The number of carbonyl (C=O) groups is 1. The summed E-state index contributed by atoms with van der Waals surface area (Å²) in [4.78, 5) is 11.8. The Labute approximate surface area is 115 Å². The number of hydrogen-bond acceptors (Lipinski definition) is 2. The van der Waals surface area contributed by atoms with Gasteiger partial charge in [0.25, 0.3) is 5.91 Å². The molecule has 6 heteroatoms. The van der Waals surface area contributed by atoms with Gasteiger partial charge in [-0.2, -0.15) is 13.2 Å². The largest absolute Gasteiger partial charge is 0.418 e. The fraction of sp³-hybridized carbons (Fsp3) is 0.500. The van der Waals surface area contributed by atoms with Crippen LogP contribution in [0.3, 0.4) is 0 Å². The first-order chi connectivity index (χ1) is 9.38. The molecule has 0 heterocycles. The smallest absolute Gasteiger partial charge is 0.398 e. The molecule has 3 nitrogen and oxygen atoms in total. The van der Waals surface area contributed by atoms with Crippen LogP contribution in [0.1, 0.15) is 41.6 Å². The number of amides is 1. The third-order valence-electron chi connectivity index (χ3n) is 3.68. The maximum atomic E-state index is 12.7. The van der Waals surface area contributed by atoms with Crippen LogP contribution in [0, 0.1) is 5.92 Å². The average molecular weight is 286 g/mol. The third-order valence-corrected chi connectivity index (χ3v) is 3.68. The van der Waals surface area contributed by atoms with Gasteiger partial charge in [-0.15, -0.1) is 0 Å². The molecular formula is C14H17F3N2O. The van der Waals surface area contributed by atoms with Gasteiger partial charge in [0.15, 0.2) is 0 Å². The minimum atomic E-state index is -4.55. The van der Waals surface area contributed by atoms with Crippen molar-refractivity contribution in [2.45, 2.75) is 31.9 Å². The van der Waals surface area contributed by atoms with E-state index < -0.39 is 17.6 Å². The molecule has 1 aliphatic rings. The van der Waals surface area contributed by atoms with Crippen LogP contribution in [0.15, 0.2) is 18.2 Å². The van der Waals surface area contributed by atoms with E-state index in [1.807, 2.05) is 0 Å². The summed E-state index contributed by atoms with van der Waals surface area (Å²) in [6.07, 6.45) is -0.0867. The van der Waals surface area contributed by atoms with Gasteiger partial charge in [0.1, 0.15) is 0 Å². The van der Waals surface area contributed by atoms with Gasteiger partial charge < -0.3 is 11.1 Å². The zero-order chi connectivity index (χ0) is 14.8. The van der Waals surface area contributed by atoms with Crippen LogP contribution in [0.5, 0.6) is 0 Å². The summed E-state index contributed by atoms with van der Waals surface area (Å²) in [5, 5.41) is 2.65. The standard InChI is InChI=1S/C14H17F3N2O/c15-14(16,17)11-8-10(4-5-12(11)18)13(20)19-7-6-9-2-1-3-9/h4-5,8-9H,1-3,6-7,18H2,(H,19,20). The van der Waals surface area contributed by atoms with Crippen LogP contribution >= 0.6 is 0 Å². The number of hydrogen-bond donors (Lipinski definition) is 2. The minimum absolute atomic E-state index is 0.0138. The number of rotatable bonds is 4. The van der Waals surface area contributed by atoms with E-state index in [9.17, 15) is 18.0 Å². The van der Waals surface area contributed by atoms with Crippen molar-refractivity contribution in [1.29, 1.82) is 0 Å². The lowest BCUT2D eigenvalue weighted by Gasteiger charge is -2.25. The Bertz CT molecular complexity index is 496. The molecule has 0 atom stereocenters. The fourth-order valence-electron chi connectivity index (χ4n) is 2.22. The first kappa shape index (κ1) is 14.7. The fourth-order valence-corrected chi connectivity index (χ4v) is 2.22. The summed E-state index contributed by atoms with van der Waals surface area (Å²) < 4.78 is 38.1. The quantitative estimate of drug-likeness (QED) is 0.835. The molecule has 1 fully saturated rings. The molecule has 1 aliphatic carbocycles. The Kier molecular flexibility index (Phi) is 4.20. The Balaban J connectivity index is 1.98. The highest BCUT2D eigenvalue weighted by atomic mass is 19.4. The summed E-state index contributed by atoms with van der Waals surface area (Å²) in [5.74, 6) is 0.155. The van der Waals surface area contributed by atoms with Gasteiger partial charge in [0, 0.05) is 17.8 Å². The van der Waals surface area contributed by atoms with Gasteiger partial charge in [-0.25, -0.2) is 0 Å². The summed E-state index contributed by atoms with van der Waals surface area (Å²) in [7, 11) is 0. The minimum Gasteiger partial charge on any atom is -0.398 e. The lowest BCUT2D eigenvalue weighted by molar-refractivity contribution is -0.136. The number of carbonyl (C=O) groups excluding carboxylic acids is 1. The van der Waals surface area contributed by atoms with Crippen molar-refractivity contribution >= 4 is 11.6 Å². The maximum Gasteiger partial charge on any atom is 0.418 e. The topological polar surface area (TPSA) is 55.1 Å². The van der Waals surface area contributed by atoms with E-state index in [0.717, 1.165) is 18.6 Å². The molecule has 1 saturated carbocycles. The Morgan fingerprint density at radius 2 is 2.05 bits per heavy atom. The number of halogens is 3. The monoisotopic (exact) mass is 286 g/mol. The molecule has 0 bridgehead atoms. The highest BCUT2D eigenvalue weighted by molar-refractivity contribution is 5.94. The van der Waals surface area contributed by atoms with Crippen LogP contribution in [-0.4, -0.2) is 12.5 Å². The molecule has 1 aromatic carbocycles. The van der Waals surface area contributed by atoms with E-state index >= 15 is 0 Å². The predicted octanol–water partition coefficient (Wildman–Crippen LogP) is 3.21. The molecule has 0 spiro atoms. The Hall–Kier alpha value is -1.72. The second kappa shape index (κ2) is 5.73. The van der Waals surface area contributed by atoms with Crippen molar-refractivity contribution in [3.63, 3.8) is 0 Å². The first-order valence-electron chi connectivity index (χ1n) is 6.63. The number of nitrogen functional groups attached to an aromatic ring is 1. The molecule has 3 N–H and O–H groups in total. The van der Waals surface area contributed by atoms with Gasteiger partial charge in [0.2, 0.25) is 0 Å². The number of nitrogens with one attached hydrogen (secondary N) is 1. The average Bonchev–Trinajstić information content (AvgIpc) is 2.31. The summed E-state index contributed by atoms with van der Waals surface area (Å²) in [6.45, 7) is 0.495. The van der Waals surface area contributed by atoms with E-state index in [0.29, 0.717) is 12.5 Å². The molecular weight excluding hydrogens is 269 g/mol. The molecule has 1 aromatic rings. The predicted molar refractivity (Wildman–Crippen MR) is 70.1 cm³/mol. The van der Waals surface area contributed by atoms with E-state index in [2.05, 4.69) is 5.32 Å². The maximum absolute atomic E-state index is 12.7. The van der Waals surface area contributed by atoms with Crippen molar-refractivity contribution in [3.8, 4) is 0 Å². The SMILES string of the molecule is Nc1ccc(C(=O)NCCC2CCC2)cc1C(F)(F)F. The zero-order valence-corrected chi connectivity index (χ0v) is 11.0. The lowest BCUT2D eigenvalue weighted by Crippen LogP contribution is -2.27.